The number of nitrogens with zero attached hydrogens (tertiary/aromatic N) is 2. The Morgan fingerprint density at radius 3 is 3.29 bits per heavy atom. The molecular weight excluding hydrogens is 198 g/mol. The van der Waals surface area contributed by atoms with Crippen LogP contribution in [-0.2, 0) is 0 Å². The first kappa shape index (κ1) is 9.61. The molecule has 1 aromatic heterocycles. The summed E-state index contributed by atoms with van der Waals surface area (Å²) in [5.74, 6) is 0.0552. The van der Waals surface area contributed by atoms with Gasteiger partial charge in [0.15, 0.2) is 0 Å². The number of aromatic nitrogens is 1. The third-order valence-electron chi connectivity index (χ3n) is 2.31. The van der Waals surface area contributed by atoms with E-state index in [1.807, 2.05) is 4.90 Å². The summed E-state index contributed by atoms with van der Waals surface area (Å²) in [5.41, 5.74) is 2.27. The van der Waals surface area contributed by atoms with Crippen molar-refractivity contribution in [3.63, 3.8) is 0 Å². The highest BCUT2D eigenvalue weighted by atomic mass is 32.1. The normalized spacial score (nSPS) is 22.4. The van der Waals surface area contributed by atoms with Crippen LogP contribution in [0, 0.1) is 0 Å². The number of carbonyl (C=O) groups is 1. The second kappa shape index (κ2) is 4.06. The van der Waals surface area contributed by atoms with Crippen molar-refractivity contribution in [2.24, 2.45) is 0 Å². The number of rotatable bonds is 1. The first-order valence-electron chi connectivity index (χ1n) is 4.68. The Balaban J connectivity index is 2.04. The molecule has 0 unspecified atom stereocenters. The molecule has 0 aliphatic carbocycles. The van der Waals surface area contributed by atoms with Crippen LogP contribution >= 0.6 is 11.3 Å². The predicted molar refractivity (Wildman–Crippen MR) is 55.5 cm³/mol. The molecular formula is C9H13N3OS. The average Bonchev–Trinajstić information content (AvgIpc) is 2.69. The molecule has 76 valence electrons. The second-order valence-corrected chi connectivity index (χ2v) is 4.20. The van der Waals surface area contributed by atoms with Gasteiger partial charge < -0.3 is 10.2 Å². The summed E-state index contributed by atoms with van der Waals surface area (Å²) in [6.07, 6.45) is 0. The number of carbonyl (C=O) groups excluding carboxylic acids is 1. The minimum Gasteiger partial charge on any atom is -0.334 e. The van der Waals surface area contributed by atoms with Gasteiger partial charge in [0.2, 0.25) is 0 Å². The van der Waals surface area contributed by atoms with Crippen LogP contribution in [0.2, 0.25) is 0 Å². The number of hydrogen-bond acceptors (Lipinski definition) is 4. The van der Waals surface area contributed by atoms with E-state index in [0.29, 0.717) is 11.7 Å². The fourth-order valence-electron chi connectivity index (χ4n) is 1.60. The van der Waals surface area contributed by atoms with E-state index < -0.39 is 0 Å². The molecule has 0 bridgehead atoms. The van der Waals surface area contributed by atoms with Crippen LogP contribution < -0.4 is 5.32 Å². The molecule has 1 N–H and O–H groups in total. The highest BCUT2D eigenvalue weighted by Gasteiger charge is 2.22. The minimum atomic E-state index is 0.0552. The molecule has 1 aliphatic rings. The highest BCUT2D eigenvalue weighted by Crippen LogP contribution is 2.07. The molecule has 14 heavy (non-hydrogen) atoms. The van der Waals surface area contributed by atoms with Gasteiger partial charge in [-0.05, 0) is 6.92 Å². The van der Waals surface area contributed by atoms with Crippen molar-refractivity contribution in [3.05, 3.63) is 16.6 Å². The summed E-state index contributed by atoms with van der Waals surface area (Å²) in [5, 5.41) is 5.10. The second-order valence-electron chi connectivity index (χ2n) is 3.48. The molecule has 0 aromatic carbocycles. The van der Waals surface area contributed by atoms with Crippen LogP contribution in [-0.4, -0.2) is 41.5 Å². The molecule has 0 saturated carbocycles. The smallest absolute Gasteiger partial charge is 0.273 e. The van der Waals surface area contributed by atoms with E-state index in [4.69, 9.17) is 0 Å². The third-order valence-corrected chi connectivity index (χ3v) is 2.89. The minimum absolute atomic E-state index is 0.0552. The zero-order valence-electron chi connectivity index (χ0n) is 8.06. The lowest BCUT2D eigenvalue weighted by Crippen LogP contribution is -2.51. The molecule has 0 spiro atoms. The summed E-state index contributed by atoms with van der Waals surface area (Å²) < 4.78 is 0. The van der Waals surface area contributed by atoms with Crippen molar-refractivity contribution < 1.29 is 4.79 Å². The molecule has 5 heteroatoms. The van der Waals surface area contributed by atoms with Gasteiger partial charge in [-0.25, -0.2) is 4.98 Å². The predicted octanol–water partition coefficient (Wildman–Crippen LogP) is 0.577. The molecule has 4 nitrogen and oxygen atoms in total. The molecule has 2 heterocycles. The van der Waals surface area contributed by atoms with Gasteiger partial charge in [-0.15, -0.1) is 11.3 Å². The Hall–Kier alpha value is -0.940. The van der Waals surface area contributed by atoms with E-state index in [9.17, 15) is 4.79 Å². The van der Waals surface area contributed by atoms with Gasteiger partial charge in [-0.2, -0.15) is 0 Å². The first-order chi connectivity index (χ1) is 6.77. The Morgan fingerprint density at radius 2 is 2.64 bits per heavy atom. The third kappa shape index (κ3) is 1.93. The Kier molecular flexibility index (Phi) is 2.79. The Labute approximate surface area is 86.9 Å². The standard InChI is InChI=1S/C9H13N3OS/c1-7-4-12(3-2-10-7)9(13)8-5-14-6-11-8/h5-7,10H,2-4H2,1H3/t7-/m0/s1. The monoisotopic (exact) mass is 211 g/mol. The number of piperazine rings is 1. The molecule has 1 aromatic rings. The summed E-state index contributed by atoms with van der Waals surface area (Å²) in [6.45, 7) is 4.51. The largest absolute Gasteiger partial charge is 0.334 e. The highest BCUT2D eigenvalue weighted by molar-refractivity contribution is 7.07. The van der Waals surface area contributed by atoms with Gasteiger partial charge in [0.25, 0.3) is 5.91 Å². The molecule has 2 rings (SSSR count). The van der Waals surface area contributed by atoms with Crippen molar-refractivity contribution >= 4 is 17.2 Å². The Bertz CT molecular complexity index is 312. The average molecular weight is 211 g/mol. The van der Waals surface area contributed by atoms with E-state index in [-0.39, 0.29) is 5.91 Å². The van der Waals surface area contributed by atoms with Gasteiger partial charge in [0.1, 0.15) is 5.69 Å². The van der Waals surface area contributed by atoms with E-state index in [0.717, 1.165) is 19.6 Å². The van der Waals surface area contributed by atoms with Crippen LogP contribution in [0.3, 0.4) is 0 Å². The van der Waals surface area contributed by atoms with Crippen LogP contribution in [0.25, 0.3) is 0 Å². The first-order valence-corrected chi connectivity index (χ1v) is 5.62. The van der Waals surface area contributed by atoms with Crippen molar-refractivity contribution in [2.75, 3.05) is 19.6 Å². The van der Waals surface area contributed by atoms with Gasteiger partial charge in [-0.3, -0.25) is 4.79 Å². The van der Waals surface area contributed by atoms with Crippen LogP contribution in [0.15, 0.2) is 10.9 Å². The van der Waals surface area contributed by atoms with Crippen LogP contribution in [0.4, 0.5) is 0 Å². The van der Waals surface area contributed by atoms with Gasteiger partial charge in [0, 0.05) is 31.1 Å². The quantitative estimate of drug-likeness (QED) is 0.739. The summed E-state index contributed by atoms with van der Waals surface area (Å²) in [4.78, 5) is 17.7. The summed E-state index contributed by atoms with van der Waals surface area (Å²) in [6, 6.07) is 0.381. The molecule has 1 fully saturated rings. The van der Waals surface area contributed by atoms with Gasteiger partial charge >= 0.3 is 0 Å². The van der Waals surface area contributed by atoms with Crippen LogP contribution in [0.1, 0.15) is 17.4 Å². The van der Waals surface area contributed by atoms with Crippen molar-refractivity contribution in [1.82, 2.24) is 15.2 Å². The van der Waals surface area contributed by atoms with Crippen molar-refractivity contribution in [1.29, 1.82) is 0 Å². The SMILES string of the molecule is C[C@H]1CN(C(=O)c2cscn2)CCN1. The lowest BCUT2D eigenvalue weighted by Gasteiger charge is -2.31. The van der Waals surface area contributed by atoms with E-state index in [1.165, 1.54) is 11.3 Å². The summed E-state index contributed by atoms with van der Waals surface area (Å²) in [7, 11) is 0. The zero-order valence-corrected chi connectivity index (χ0v) is 8.88. The molecule has 1 aliphatic heterocycles. The number of nitrogens with one attached hydrogen (secondary N) is 1. The topological polar surface area (TPSA) is 45.2 Å². The Morgan fingerprint density at radius 1 is 1.79 bits per heavy atom. The number of hydrogen-bond donors (Lipinski definition) is 1. The number of amides is 1. The maximum atomic E-state index is 11.8. The van der Waals surface area contributed by atoms with Crippen molar-refractivity contribution in [2.45, 2.75) is 13.0 Å². The van der Waals surface area contributed by atoms with Crippen molar-refractivity contribution in [3.8, 4) is 0 Å². The van der Waals surface area contributed by atoms with E-state index in [1.54, 1.807) is 10.9 Å². The van der Waals surface area contributed by atoms with Gasteiger partial charge in [0.05, 0.1) is 5.51 Å². The van der Waals surface area contributed by atoms with Gasteiger partial charge in [-0.1, -0.05) is 0 Å². The summed E-state index contributed by atoms with van der Waals surface area (Å²) >= 11 is 1.46. The van der Waals surface area contributed by atoms with E-state index in [2.05, 4.69) is 17.2 Å². The fourth-order valence-corrected chi connectivity index (χ4v) is 2.12. The molecule has 1 atom stereocenters. The maximum Gasteiger partial charge on any atom is 0.273 e. The van der Waals surface area contributed by atoms with E-state index >= 15 is 0 Å². The lowest BCUT2D eigenvalue weighted by molar-refractivity contribution is 0.0704. The molecule has 1 saturated heterocycles. The fraction of sp³-hybridized carbons (Fsp3) is 0.556. The zero-order chi connectivity index (χ0) is 9.97. The number of thiazole rings is 1. The molecule has 1 amide bonds. The van der Waals surface area contributed by atoms with Crippen LogP contribution in [0.5, 0.6) is 0 Å². The molecule has 0 radical (unpaired) electrons. The maximum absolute atomic E-state index is 11.8. The lowest BCUT2D eigenvalue weighted by atomic mass is 10.2.